The first-order valence-electron chi connectivity index (χ1n) is 15.0. The van der Waals surface area contributed by atoms with E-state index < -0.39 is 17.3 Å². The van der Waals surface area contributed by atoms with Crippen molar-refractivity contribution in [3.8, 4) is 5.75 Å². The summed E-state index contributed by atoms with van der Waals surface area (Å²) in [7, 11) is 0. The molecule has 0 atom stereocenters. The number of aromatic hydroxyl groups is 1. The number of fused-ring (bicyclic) bond motifs is 1. The molecule has 0 radical (unpaired) electrons. The zero-order chi connectivity index (χ0) is 28.4. The van der Waals surface area contributed by atoms with Crippen molar-refractivity contribution < 1.29 is 24.6 Å². The lowest BCUT2D eigenvalue weighted by Crippen LogP contribution is -2.22. The molecule has 0 amide bonds. The molecule has 0 unspecified atom stereocenters. The average molecular weight is 545 g/mol. The molecule has 4 aliphatic rings. The van der Waals surface area contributed by atoms with Crippen LogP contribution in [-0.4, -0.2) is 58.6 Å². The van der Waals surface area contributed by atoms with Crippen molar-refractivity contribution in [3.63, 3.8) is 0 Å². The highest BCUT2D eigenvalue weighted by atomic mass is 16.3. The number of phenolic OH excluding ortho intramolecular Hbond substituents is 1. The van der Waals surface area contributed by atoms with E-state index in [9.17, 15) is 24.6 Å². The lowest BCUT2D eigenvalue weighted by atomic mass is 9.91. The fourth-order valence-electron chi connectivity index (χ4n) is 6.45. The van der Waals surface area contributed by atoms with Crippen LogP contribution in [0.1, 0.15) is 82.8 Å². The second-order valence-corrected chi connectivity index (χ2v) is 11.3. The number of benzene rings is 1. The Bertz CT molecular complexity index is 1360. The number of hydrogen-bond donors (Lipinski definition) is 2. The fraction of sp³-hybridized carbons (Fsp3) is 0.485. The highest BCUT2D eigenvalue weighted by Gasteiger charge is 2.43. The summed E-state index contributed by atoms with van der Waals surface area (Å²) in [5.74, 6) is -2.71. The summed E-state index contributed by atoms with van der Waals surface area (Å²) in [6.45, 7) is 7.65. The second-order valence-electron chi connectivity index (χ2n) is 11.3. The van der Waals surface area contributed by atoms with Crippen LogP contribution in [0.3, 0.4) is 0 Å². The quantitative estimate of drug-likeness (QED) is 0.209. The van der Waals surface area contributed by atoms with E-state index in [0.29, 0.717) is 18.4 Å². The second kappa shape index (κ2) is 11.9. The molecular weight excluding hydrogens is 504 g/mol. The topological polar surface area (TPSA) is 98.2 Å². The Morgan fingerprint density at radius 1 is 0.725 bits per heavy atom. The Balaban J connectivity index is 1.42. The molecule has 1 aromatic rings. The average Bonchev–Trinajstić information content (AvgIpc) is 3.62. The molecular formula is C33H40N2O5. The maximum atomic E-state index is 13.5. The number of unbranched alkanes of at least 4 members (excludes halogenated alkanes) is 6. The van der Waals surface area contributed by atoms with E-state index in [1.807, 2.05) is 12.1 Å². The molecule has 0 saturated heterocycles. The zero-order valence-corrected chi connectivity index (χ0v) is 23.7. The van der Waals surface area contributed by atoms with E-state index in [-0.39, 0.29) is 33.8 Å². The number of rotatable bonds is 11. The number of aliphatic hydroxyl groups excluding tert-OH is 1. The maximum Gasteiger partial charge on any atom is 0.238 e. The van der Waals surface area contributed by atoms with Crippen LogP contribution in [0, 0.1) is 0 Å². The van der Waals surface area contributed by atoms with Crippen LogP contribution in [-0.2, 0) is 20.8 Å². The van der Waals surface area contributed by atoms with Crippen LogP contribution < -0.4 is 4.90 Å². The summed E-state index contributed by atoms with van der Waals surface area (Å²) in [5, 5.41) is 22.4. The number of phenols is 1. The Morgan fingerprint density at radius 3 is 2.08 bits per heavy atom. The minimum atomic E-state index is -0.906. The van der Waals surface area contributed by atoms with Gasteiger partial charge in [-0.05, 0) is 50.0 Å². The highest BCUT2D eigenvalue weighted by Crippen LogP contribution is 2.44. The first-order chi connectivity index (χ1) is 19.4. The Kier molecular flexibility index (Phi) is 8.29. The SMILES string of the molecule is CCCCCCN1CCC2=C1C=CC(=C1C(=O)C(=O)C(c3ccc4c(c3O)CCN4CCCCCC)=C1O)C2=O. The van der Waals surface area contributed by atoms with Crippen LogP contribution in [0.5, 0.6) is 5.75 Å². The Hall–Kier alpha value is -3.61. The summed E-state index contributed by atoms with van der Waals surface area (Å²) in [6, 6.07) is 3.46. The zero-order valence-electron chi connectivity index (χ0n) is 23.7. The summed E-state index contributed by atoms with van der Waals surface area (Å²) >= 11 is 0. The van der Waals surface area contributed by atoms with Gasteiger partial charge in [0.05, 0.1) is 11.1 Å². The summed E-state index contributed by atoms with van der Waals surface area (Å²) in [6.07, 6.45) is 13.7. The van der Waals surface area contributed by atoms with Gasteiger partial charge in [0.15, 0.2) is 5.78 Å². The number of anilines is 1. The first kappa shape index (κ1) is 27.9. The number of carbonyl (C=O) groups excluding carboxylic acids is 3. The van der Waals surface area contributed by atoms with Gasteiger partial charge in [-0.2, -0.15) is 0 Å². The number of Topliss-reactive ketones (excluding diaryl/α,β-unsaturated/α-hetero) is 3. The number of nitrogens with zero attached hydrogens (tertiary/aromatic N) is 2. The lowest BCUT2D eigenvalue weighted by Gasteiger charge is -2.22. The number of ketones is 3. The van der Waals surface area contributed by atoms with Gasteiger partial charge in [-0.15, -0.1) is 0 Å². The third-order valence-electron chi connectivity index (χ3n) is 8.67. The lowest BCUT2D eigenvalue weighted by molar-refractivity contribution is -0.130. The van der Waals surface area contributed by atoms with E-state index in [1.165, 1.54) is 19.3 Å². The van der Waals surface area contributed by atoms with Crippen molar-refractivity contribution >= 4 is 28.6 Å². The van der Waals surface area contributed by atoms with Crippen molar-refractivity contribution in [1.29, 1.82) is 0 Å². The molecule has 40 heavy (non-hydrogen) atoms. The predicted octanol–water partition coefficient (Wildman–Crippen LogP) is 5.73. The van der Waals surface area contributed by atoms with E-state index in [0.717, 1.165) is 75.2 Å². The Morgan fingerprint density at radius 2 is 1.38 bits per heavy atom. The van der Waals surface area contributed by atoms with Gasteiger partial charge in [0.2, 0.25) is 11.6 Å². The van der Waals surface area contributed by atoms with E-state index in [2.05, 4.69) is 23.6 Å². The number of allylic oxidation sites excluding steroid dienone is 5. The van der Waals surface area contributed by atoms with Crippen molar-refractivity contribution in [2.45, 2.75) is 78.1 Å². The third-order valence-corrected chi connectivity index (χ3v) is 8.67. The van der Waals surface area contributed by atoms with Gasteiger partial charge < -0.3 is 20.0 Å². The molecule has 5 rings (SSSR count). The largest absolute Gasteiger partial charge is 0.507 e. The van der Waals surface area contributed by atoms with Crippen molar-refractivity contribution in [2.75, 3.05) is 31.1 Å². The standard InChI is InChI=1S/C33H40N2O5/c1-3-5-7-9-17-34-19-15-21-25(34)13-11-23(29(21)36)27-31(38)28(33(40)32(27)39)24-12-14-26-22(30(24)37)16-20-35(26)18-10-8-6-4-2/h11-14,36,38H,3-10,15-20H2,1-2H3. The molecule has 2 heterocycles. The molecule has 7 nitrogen and oxygen atoms in total. The molecule has 7 heteroatoms. The predicted molar refractivity (Wildman–Crippen MR) is 156 cm³/mol. The van der Waals surface area contributed by atoms with E-state index in [1.54, 1.807) is 12.1 Å². The summed E-state index contributed by atoms with van der Waals surface area (Å²) in [4.78, 5) is 44.3. The van der Waals surface area contributed by atoms with E-state index >= 15 is 0 Å². The minimum Gasteiger partial charge on any atom is -0.507 e. The van der Waals surface area contributed by atoms with Crippen LogP contribution in [0.4, 0.5) is 5.69 Å². The minimum absolute atomic E-state index is 0.0522. The third kappa shape index (κ3) is 4.91. The maximum absolute atomic E-state index is 13.5. The molecule has 0 saturated carbocycles. The number of carbonyl (C=O) groups is 3. The van der Waals surface area contributed by atoms with Crippen molar-refractivity contribution in [2.24, 2.45) is 0 Å². The number of hydrogen-bond acceptors (Lipinski definition) is 7. The molecule has 2 aliphatic carbocycles. The van der Waals surface area contributed by atoms with E-state index in [4.69, 9.17) is 0 Å². The van der Waals surface area contributed by atoms with Gasteiger partial charge in [-0.1, -0.05) is 52.4 Å². The smallest absolute Gasteiger partial charge is 0.238 e. The van der Waals surface area contributed by atoms with Crippen LogP contribution >= 0.6 is 0 Å². The monoisotopic (exact) mass is 544 g/mol. The molecule has 1 aromatic carbocycles. The van der Waals surface area contributed by atoms with Gasteiger partial charge >= 0.3 is 0 Å². The molecule has 2 N–H and O–H groups in total. The summed E-state index contributed by atoms with van der Waals surface area (Å²) in [5.41, 5.74) is 2.87. The van der Waals surface area contributed by atoms with Gasteiger partial charge in [-0.25, -0.2) is 0 Å². The van der Waals surface area contributed by atoms with Crippen molar-refractivity contribution in [1.82, 2.24) is 4.90 Å². The van der Waals surface area contributed by atoms with Gasteiger partial charge in [0.25, 0.3) is 0 Å². The van der Waals surface area contributed by atoms with Crippen LogP contribution in [0.25, 0.3) is 5.57 Å². The summed E-state index contributed by atoms with van der Waals surface area (Å²) < 4.78 is 0. The number of aliphatic hydroxyl groups is 1. The van der Waals surface area contributed by atoms with Gasteiger partial charge in [0.1, 0.15) is 11.5 Å². The van der Waals surface area contributed by atoms with Crippen LogP contribution in [0.2, 0.25) is 0 Å². The first-order valence-corrected chi connectivity index (χ1v) is 15.0. The highest BCUT2D eigenvalue weighted by molar-refractivity contribution is 6.63. The molecule has 0 spiro atoms. The Labute approximate surface area is 236 Å². The molecule has 0 aromatic heterocycles. The molecule has 0 bridgehead atoms. The molecule has 212 valence electrons. The van der Waals surface area contributed by atoms with Gasteiger partial charge in [-0.3, -0.25) is 14.4 Å². The molecule has 0 fully saturated rings. The fourth-order valence-corrected chi connectivity index (χ4v) is 6.45. The van der Waals surface area contributed by atoms with Crippen LogP contribution in [0.15, 0.2) is 52.5 Å². The van der Waals surface area contributed by atoms with Crippen molar-refractivity contribution in [3.05, 3.63) is 63.6 Å². The normalized spacial score (nSPS) is 20.5. The van der Waals surface area contributed by atoms with Gasteiger partial charge in [0, 0.05) is 59.8 Å². The molecule has 2 aliphatic heterocycles.